The van der Waals surface area contributed by atoms with Gasteiger partial charge in [0.1, 0.15) is 11.6 Å². The highest BCUT2D eigenvalue weighted by atomic mass is 32.1. The molecule has 0 radical (unpaired) electrons. The summed E-state index contributed by atoms with van der Waals surface area (Å²) < 4.78 is 4.40. The number of nitrogens with zero attached hydrogens (tertiary/aromatic N) is 4. The maximum absolute atomic E-state index is 13.0. The Kier molecular flexibility index (Phi) is 5.31. The van der Waals surface area contributed by atoms with Crippen molar-refractivity contribution in [2.45, 2.75) is 52.2 Å². The Labute approximate surface area is 177 Å². The number of ketones is 1. The fourth-order valence-electron chi connectivity index (χ4n) is 3.78. The zero-order chi connectivity index (χ0) is 21.4. The van der Waals surface area contributed by atoms with Crippen LogP contribution < -0.4 is 11.2 Å². The third-order valence-corrected chi connectivity index (χ3v) is 6.53. The van der Waals surface area contributed by atoms with E-state index in [1.165, 1.54) is 15.6 Å². The summed E-state index contributed by atoms with van der Waals surface area (Å²) in [6.45, 7) is 4.21. The van der Waals surface area contributed by atoms with Crippen molar-refractivity contribution in [2.75, 3.05) is 0 Å². The molecule has 0 saturated heterocycles. The van der Waals surface area contributed by atoms with Gasteiger partial charge in [-0.05, 0) is 50.6 Å². The Morgan fingerprint density at radius 2 is 2.03 bits per heavy atom. The molecule has 0 aromatic carbocycles. The molecule has 1 aliphatic carbocycles. The minimum absolute atomic E-state index is 0.00821. The molecule has 1 fully saturated rings. The lowest BCUT2D eigenvalue weighted by Gasteiger charge is -2.11. The zero-order valence-corrected chi connectivity index (χ0v) is 17.7. The number of carbonyl (C=O) groups excluding carboxylic acids is 1. The predicted octanol–water partition coefficient (Wildman–Crippen LogP) is 2.82. The van der Waals surface area contributed by atoms with Gasteiger partial charge >= 0.3 is 5.69 Å². The number of carbonyl (C=O) groups is 1. The molecular formula is C22H22N4O3S. The maximum Gasteiger partial charge on any atom is 0.331 e. The third kappa shape index (κ3) is 3.68. The second-order valence-corrected chi connectivity index (χ2v) is 8.69. The largest absolute Gasteiger partial charge is 0.348 e. The first-order valence-electron chi connectivity index (χ1n) is 9.89. The number of rotatable bonds is 7. The quantitative estimate of drug-likeness (QED) is 0.548. The second-order valence-electron chi connectivity index (χ2n) is 7.66. The molecule has 3 aromatic heterocycles. The molecule has 8 heteroatoms. The number of hydrogen-bond acceptors (Lipinski definition) is 5. The van der Waals surface area contributed by atoms with Crippen LogP contribution in [0.15, 0.2) is 39.4 Å². The van der Waals surface area contributed by atoms with Gasteiger partial charge in [0.05, 0.1) is 6.54 Å². The summed E-state index contributed by atoms with van der Waals surface area (Å²) in [7, 11) is 0. The first-order chi connectivity index (χ1) is 14.4. The fraction of sp³-hybridized carbons (Fsp3) is 0.364. The molecule has 3 heterocycles. The van der Waals surface area contributed by atoms with Gasteiger partial charge in [-0.25, -0.2) is 4.79 Å². The van der Waals surface area contributed by atoms with Crippen LogP contribution in [0.1, 0.15) is 51.1 Å². The Balaban J connectivity index is 1.63. The van der Waals surface area contributed by atoms with E-state index in [1.54, 1.807) is 11.3 Å². The molecule has 3 aromatic rings. The summed E-state index contributed by atoms with van der Waals surface area (Å²) in [6, 6.07) is 7.77. The van der Waals surface area contributed by atoms with E-state index in [0.717, 1.165) is 41.8 Å². The van der Waals surface area contributed by atoms with Crippen molar-refractivity contribution in [3.8, 4) is 6.07 Å². The Morgan fingerprint density at radius 3 is 2.67 bits per heavy atom. The molecule has 0 bridgehead atoms. The van der Waals surface area contributed by atoms with Crippen LogP contribution >= 0.6 is 11.3 Å². The summed E-state index contributed by atoms with van der Waals surface area (Å²) in [5.74, 6) is -0.304. The molecule has 7 nitrogen and oxygen atoms in total. The van der Waals surface area contributed by atoms with Gasteiger partial charge in [-0.3, -0.25) is 18.7 Å². The van der Waals surface area contributed by atoms with Crippen molar-refractivity contribution in [1.29, 1.82) is 5.26 Å². The van der Waals surface area contributed by atoms with E-state index < -0.39 is 11.2 Å². The molecule has 154 valence electrons. The Bertz CT molecular complexity index is 1270. The highest BCUT2D eigenvalue weighted by molar-refractivity contribution is 7.09. The van der Waals surface area contributed by atoms with Gasteiger partial charge in [-0.15, -0.1) is 11.3 Å². The van der Waals surface area contributed by atoms with Crippen LogP contribution in [-0.4, -0.2) is 19.5 Å². The molecule has 0 spiro atoms. The zero-order valence-electron chi connectivity index (χ0n) is 16.9. The lowest BCUT2D eigenvalue weighted by Crippen LogP contribution is -2.42. The molecule has 0 aliphatic heterocycles. The number of hydrogen-bond donors (Lipinski definition) is 0. The molecule has 4 rings (SSSR count). The molecule has 0 unspecified atom stereocenters. The van der Waals surface area contributed by atoms with Gasteiger partial charge in [-0.1, -0.05) is 6.07 Å². The number of Topliss-reactive ketones (excluding diaryl/α,β-unsaturated/α-hetero) is 1. The van der Waals surface area contributed by atoms with Gasteiger partial charge in [0.2, 0.25) is 0 Å². The molecule has 0 amide bonds. The average Bonchev–Trinajstić information content (AvgIpc) is 3.35. The summed E-state index contributed by atoms with van der Waals surface area (Å²) in [5.41, 5.74) is 0.934. The summed E-state index contributed by atoms with van der Waals surface area (Å²) in [6.07, 6.45) is 3.86. The minimum atomic E-state index is -0.709. The maximum atomic E-state index is 13.0. The average molecular weight is 423 g/mol. The van der Waals surface area contributed by atoms with E-state index in [1.807, 2.05) is 37.4 Å². The first kappa shape index (κ1) is 20.1. The van der Waals surface area contributed by atoms with E-state index in [-0.39, 0.29) is 23.9 Å². The number of aryl methyl sites for hydroxylation is 2. The lowest BCUT2D eigenvalue weighted by molar-refractivity contribution is 0.0967. The van der Waals surface area contributed by atoms with E-state index >= 15 is 0 Å². The lowest BCUT2D eigenvalue weighted by atomic mass is 10.1. The molecule has 1 aliphatic rings. The van der Waals surface area contributed by atoms with Gasteiger partial charge in [0.15, 0.2) is 5.78 Å². The fourth-order valence-corrected chi connectivity index (χ4v) is 4.48. The van der Waals surface area contributed by atoms with Crippen LogP contribution in [0.25, 0.3) is 0 Å². The van der Waals surface area contributed by atoms with Crippen molar-refractivity contribution in [3.63, 3.8) is 0 Å². The van der Waals surface area contributed by atoms with Crippen molar-refractivity contribution >= 4 is 17.1 Å². The summed E-state index contributed by atoms with van der Waals surface area (Å²) in [5, 5.41) is 11.3. The molecule has 30 heavy (non-hydrogen) atoms. The first-order valence-corrected chi connectivity index (χ1v) is 10.8. The van der Waals surface area contributed by atoms with Gasteiger partial charge in [0, 0.05) is 40.6 Å². The molecular weight excluding hydrogens is 400 g/mol. The van der Waals surface area contributed by atoms with Gasteiger partial charge in [0.25, 0.3) is 5.56 Å². The van der Waals surface area contributed by atoms with E-state index in [2.05, 4.69) is 10.6 Å². The molecule has 0 atom stereocenters. The van der Waals surface area contributed by atoms with E-state index in [9.17, 15) is 19.6 Å². The topological polar surface area (TPSA) is 89.8 Å². The van der Waals surface area contributed by atoms with Crippen LogP contribution in [0.4, 0.5) is 0 Å². The number of thiophene rings is 1. The second kappa shape index (κ2) is 7.92. The predicted molar refractivity (Wildman–Crippen MR) is 114 cm³/mol. The smallest absolute Gasteiger partial charge is 0.331 e. The van der Waals surface area contributed by atoms with Crippen LogP contribution in [0, 0.1) is 25.2 Å². The standard InChI is InChI=1S/C22H22N4O3S/c1-14-10-19(15(2)24(14)8-7-18-4-3-9-30-18)20(27)13-26-21(28)16(11-23)12-25(22(26)29)17-5-6-17/h3-4,9-10,12,17H,5-8,13H2,1-2H3. The molecule has 1 saturated carbocycles. The van der Waals surface area contributed by atoms with E-state index in [4.69, 9.17) is 0 Å². The Morgan fingerprint density at radius 1 is 1.27 bits per heavy atom. The Hall–Kier alpha value is -3.18. The minimum Gasteiger partial charge on any atom is -0.348 e. The van der Waals surface area contributed by atoms with Gasteiger partial charge in [-0.2, -0.15) is 5.26 Å². The number of nitriles is 1. The highest BCUT2D eigenvalue weighted by Gasteiger charge is 2.27. The van der Waals surface area contributed by atoms with Crippen molar-refractivity contribution in [3.05, 3.63) is 78.0 Å². The summed E-state index contributed by atoms with van der Waals surface area (Å²) in [4.78, 5) is 39.6. The van der Waals surface area contributed by atoms with E-state index in [0.29, 0.717) is 5.56 Å². The van der Waals surface area contributed by atoms with Crippen molar-refractivity contribution in [2.24, 2.45) is 0 Å². The van der Waals surface area contributed by atoms with Gasteiger partial charge < -0.3 is 4.57 Å². The SMILES string of the molecule is Cc1cc(C(=O)Cn2c(=O)c(C#N)cn(C3CC3)c2=O)c(C)n1CCc1cccs1. The van der Waals surface area contributed by atoms with Crippen LogP contribution in [0.3, 0.4) is 0 Å². The van der Waals surface area contributed by atoms with Crippen LogP contribution in [-0.2, 0) is 19.5 Å². The van der Waals surface area contributed by atoms with Crippen LogP contribution in [0.2, 0.25) is 0 Å². The monoisotopic (exact) mass is 422 g/mol. The highest BCUT2D eigenvalue weighted by Crippen LogP contribution is 2.33. The third-order valence-electron chi connectivity index (χ3n) is 5.59. The normalized spacial score (nSPS) is 13.4. The van der Waals surface area contributed by atoms with Crippen LogP contribution in [0.5, 0.6) is 0 Å². The van der Waals surface area contributed by atoms with Crippen molar-refractivity contribution < 1.29 is 4.79 Å². The molecule has 0 N–H and O–H groups in total. The number of aromatic nitrogens is 3. The van der Waals surface area contributed by atoms with Crippen molar-refractivity contribution in [1.82, 2.24) is 13.7 Å². The summed E-state index contributed by atoms with van der Waals surface area (Å²) >= 11 is 1.70.